The molecule has 1 aliphatic heterocycles. The van der Waals surface area contributed by atoms with E-state index in [-0.39, 0.29) is 0 Å². The van der Waals surface area contributed by atoms with Crippen LogP contribution in [0.15, 0.2) is 0 Å². The van der Waals surface area contributed by atoms with E-state index in [1.165, 1.54) is 63.9 Å². The van der Waals surface area contributed by atoms with Crippen LogP contribution in [0.4, 0.5) is 0 Å². The van der Waals surface area contributed by atoms with Gasteiger partial charge in [-0.05, 0) is 52.1 Å². The van der Waals surface area contributed by atoms with Crippen molar-refractivity contribution in [1.29, 1.82) is 0 Å². The normalized spacial score (nSPS) is 18.2. The first-order chi connectivity index (χ1) is 8.99. The highest BCUT2D eigenvalue weighted by molar-refractivity contribution is 8.77. The molecule has 1 heterocycles. The summed E-state index contributed by atoms with van der Waals surface area (Å²) in [5, 5.41) is 0. The van der Waals surface area contributed by atoms with Gasteiger partial charge in [0.05, 0.1) is 0 Å². The smallest absolute Gasteiger partial charge is 0.0334 e. The fraction of sp³-hybridized carbons (Fsp3) is 1.00. The van der Waals surface area contributed by atoms with E-state index in [0.29, 0.717) is 4.75 Å². The van der Waals surface area contributed by atoms with Crippen LogP contribution in [0.25, 0.3) is 0 Å². The Morgan fingerprint density at radius 3 is 2.37 bits per heavy atom. The lowest BCUT2D eigenvalue weighted by Crippen LogP contribution is -2.39. The van der Waals surface area contributed by atoms with Crippen molar-refractivity contribution in [3.8, 4) is 0 Å². The maximum atomic E-state index is 2.66. The van der Waals surface area contributed by atoms with E-state index >= 15 is 0 Å². The standard InChI is InChI=1S/C16H33NS2/c1-15(2)10-6-9-13-18-19-16(3,4)14-17-11-7-5-8-12-17/h15H,5-14H2,1-4H3. The number of nitrogens with zero attached hydrogens (tertiary/aromatic N) is 1. The quantitative estimate of drug-likeness (QED) is 0.411. The van der Waals surface area contributed by atoms with Gasteiger partial charge in [0.25, 0.3) is 0 Å². The lowest BCUT2D eigenvalue weighted by atomic mass is 10.1. The summed E-state index contributed by atoms with van der Waals surface area (Å²) >= 11 is 0. The molecule has 0 radical (unpaired) electrons. The second-order valence-corrected chi connectivity index (χ2v) is 10.0. The third kappa shape index (κ3) is 9.25. The molecule has 0 unspecified atom stereocenters. The highest BCUT2D eigenvalue weighted by atomic mass is 33.1. The topological polar surface area (TPSA) is 3.24 Å². The van der Waals surface area contributed by atoms with Crippen LogP contribution in [0.1, 0.15) is 66.2 Å². The highest BCUT2D eigenvalue weighted by Gasteiger charge is 2.23. The Morgan fingerprint density at radius 2 is 1.74 bits per heavy atom. The van der Waals surface area contributed by atoms with E-state index in [1.807, 2.05) is 0 Å². The molecule has 3 heteroatoms. The molecule has 0 amide bonds. The summed E-state index contributed by atoms with van der Waals surface area (Å²) < 4.78 is 0.403. The van der Waals surface area contributed by atoms with Crippen molar-refractivity contribution in [3.63, 3.8) is 0 Å². The summed E-state index contributed by atoms with van der Waals surface area (Å²) in [7, 11) is 4.20. The monoisotopic (exact) mass is 303 g/mol. The van der Waals surface area contributed by atoms with Gasteiger partial charge in [-0.1, -0.05) is 54.7 Å². The van der Waals surface area contributed by atoms with Crippen LogP contribution < -0.4 is 0 Å². The lowest BCUT2D eigenvalue weighted by Gasteiger charge is -2.34. The zero-order chi connectivity index (χ0) is 14.1. The molecule has 0 aliphatic carbocycles. The van der Waals surface area contributed by atoms with Gasteiger partial charge in [-0.3, -0.25) is 0 Å². The molecule has 1 nitrogen and oxygen atoms in total. The molecule has 1 fully saturated rings. The first kappa shape index (κ1) is 17.7. The van der Waals surface area contributed by atoms with Crippen molar-refractivity contribution in [2.24, 2.45) is 5.92 Å². The Morgan fingerprint density at radius 1 is 1.05 bits per heavy atom. The van der Waals surface area contributed by atoms with Gasteiger partial charge < -0.3 is 4.90 Å². The number of likely N-dealkylation sites (tertiary alicyclic amines) is 1. The van der Waals surface area contributed by atoms with Crippen LogP contribution in [-0.2, 0) is 0 Å². The Bertz CT molecular complexity index is 223. The van der Waals surface area contributed by atoms with E-state index in [1.54, 1.807) is 0 Å². The van der Waals surface area contributed by atoms with E-state index in [4.69, 9.17) is 0 Å². The van der Waals surface area contributed by atoms with E-state index in [0.717, 1.165) is 5.92 Å². The number of rotatable bonds is 9. The first-order valence-corrected chi connectivity index (χ1v) is 10.3. The predicted molar refractivity (Wildman–Crippen MR) is 93.1 cm³/mol. The van der Waals surface area contributed by atoms with Crippen molar-refractivity contribution in [2.75, 3.05) is 25.4 Å². The van der Waals surface area contributed by atoms with Gasteiger partial charge >= 0.3 is 0 Å². The minimum atomic E-state index is 0.403. The fourth-order valence-electron chi connectivity index (χ4n) is 2.60. The van der Waals surface area contributed by atoms with Crippen molar-refractivity contribution >= 4 is 21.6 Å². The number of unbranched alkanes of at least 4 members (excludes halogenated alkanes) is 1. The summed E-state index contributed by atoms with van der Waals surface area (Å²) in [5.74, 6) is 2.19. The second kappa shape index (κ2) is 9.57. The summed E-state index contributed by atoms with van der Waals surface area (Å²) in [5.41, 5.74) is 0. The van der Waals surface area contributed by atoms with Crippen LogP contribution in [0.2, 0.25) is 0 Å². The third-order valence-corrected chi connectivity index (χ3v) is 6.96. The number of hydrogen-bond donors (Lipinski definition) is 0. The summed E-state index contributed by atoms with van der Waals surface area (Å²) in [6.45, 7) is 13.4. The SMILES string of the molecule is CC(C)CCCCSSC(C)(C)CN1CCCCC1. The van der Waals surface area contributed by atoms with Gasteiger partial charge in [0.1, 0.15) is 0 Å². The molecule has 0 bridgehead atoms. The van der Waals surface area contributed by atoms with Crippen molar-refractivity contribution in [2.45, 2.75) is 71.0 Å². The molecular formula is C16H33NS2. The van der Waals surface area contributed by atoms with E-state index < -0.39 is 0 Å². The zero-order valence-electron chi connectivity index (χ0n) is 13.4. The minimum Gasteiger partial charge on any atom is -0.302 e. The average Bonchev–Trinajstić information content (AvgIpc) is 2.34. The van der Waals surface area contributed by atoms with E-state index in [2.05, 4.69) is 54.2 Å². The molecule has 114 valence electrons. The molecule has 0 spiro atoms. The van der Waals surface area contributed by atoms with Gasteiger partial charge in [0.2, 0.25) is 0 Å². The van der Waals surface area contributed by atoms with Gasteiger partial charge in [-0.25, -0.2) is 0 Å². The summed E-state index contributed by atoms with van der Waals surface area (Å²) in [6, 6.07) is 0. The van der Waals surface area contributed by atoms with Crippen LogP contribution in [0, 0.1) is 5.92 Å². The maximum Gasteiger partial charge on any atom is 0.0334 e. The van der Waals surface area contributed by atoms with Crippen LogP contribution in [0.5, 0.6) is 0 Å². The van der Waals surface area contributed by atoms with Gasteiger partial charge in [0.15, 0.2) is 0 Å². The molecule has 19 heavy (non-hydrogen) atoms. The third-order valence-electron chi connectivity index (χ3n) is 3.60. The zero-order valence-corrected chi connectivity index (χ0v) is 15.0. The molecule has 1 aliphatic rings. The molecule has 1 saturated heterocycles. The highest BCUT2D eigenvalue weighted by Crippen LogP contribution is 2.37. The molecule has 0 atom stereocenters. The van der Waals surface area contributed by atoms with Gasteiger partial charge in [-0.15, -0.1) is 0 Å². The van der Waals surface area contributed by atoms with Crippen LogP contribution in [0.3, 0.4) is 0 Å². The van der Waals surface area contributed by atoms with Gasteiger partial charge in [0, 0.05) is 17.0 Å². The Labute approximate surface area is 129 Å². The van der Waals surface area contributed by atoms with Crippen molar-refractivity contribution in [3.05, 3.63) is 0 Å². The average molecular weight is 304 g/mol. The Balaban J connectivity index is 2.05. The van der Waals surface area contributed by atoms with E-state index in [9.17, 15) is 0 Å². The van der Waals surface area contributed by atoms with Gasteiger partial charge in [-0.2, -0.15) is 0 Å². The molecule has 0 aromatic rings. The Kier molecular flexibility index (Phi) is 8.92. The number of piperidine rings is 1. The van der Waals surface area contributed by atoms with Crippen LogP contribution in [-0.4, -0.2) is 35.0 Å². The molecule has 1 rings (SSSR count). The molecule has 0 N–H and O–H groups in total. The van der Waals surface area contributed by atoms with Crippen LogP contribution >= 0.6 is 21.6 Å². The summed E-state index contributed by atoms with van der Waals surface area (Å²) in [4.78, 5) is 2.66. The lowest BCUT2D eigenvalue weighted by molar-refractivity contribution is 0.215. The molecule has 0 saturated carbocycles. The largest absolute Gasteiger partial charge is 0.302 e. The number of hydrogen-bond acceptors (Lipinski definition) is 3. The Hall–Kier alpha value is 0.660. The van der Waals surface area contributed by atoms with Crippen molar-refractivity contribution < 1.29 is 0 Å². The fourth-order valence-corrected chi connectivity index (χ4v) is 5.28. The molecule has 0 aromatic carbocycles. The second-order valence-electron chi connectivity index (χ2n) is 6.89. The molecular weight excluding hydrogens is 270 g/mol. The minimum absolute atomic E-state index is 0.403. The first-order valence-electron chi connectivity index (χ1n) is 8.02. The predicted octanol–water partition coefficient (Wildman–Crippen LogP) is 5.46. The molecule has 0 aromatic heterocycles. The maximum absolute atomic E-state index is 2.66. The van der Waals surface area contributed by atoms with Crippen molar-refractivity contribution in [1.82, 2.24) is 4.90 Å². The summed E-state index contributed by atoms with van der Waals surface area (Å²) in [6.07, 6.45) is 8.43.